The van der Waals surface area contributed by atoms with Gasteiger partial charge in [-0.2, -0.15) is 11.8 Å². The number of fused-ring (bicyclic) bond motifs is 2. The Morgan fingerprint density at radius 1 is 1.33 bits per heavy atom. The Kier molecular flexibility index (Phi) is 2.55. The van der Waals surface area contributed by atoms with Gasteiger partial charge in [0.1, 0.15) is 0 Å². The summed E-state index contributed by atoms with van der Waals surface area (Å²) in [6.45, 7) is 2.25. The van der Waals surface area contributed by atoms with Crippen LogP contribution in [0.15, 0.2) is 0 Å². The first-order valence-corrected chi connectivity index (χ1v) is 7.53. The fraction of sp³-hybridized carbons (Fsp3) is 1.00. The van der Waals surface area contributed by atoms with Gasteiger partial charge < -0.3 is 5.11 Å². The fourth-order valence-electron chi connectivity index (χ4n) is 4.21. The summed E-state index contributed by atoms with van der Waals surface area (Å²) in [7, 11) is 0. The zero-order valence-electron chi connectivity index (χ0n) is 9.61. The highest BCUT2D eigenvalue weighted by Gasteiger charge is 2.45. The SMILES string of the molecule is CC1CC(O)(CC2CC3CCC2C3)CS1. The van der Waals surface area contributed by atoms with Crippen molar-refractivity contribution in [3.8, 4) is 0 Å². The lowest BCUT2D eigenvalue weighted by atomic mass is 9.79. The lowest BCUT2D eigenvalue weighted by Gasteiger charge is -2.30. The minimum atomic E-state index is -0.306. The predicted molar refractivity (Wildman–Crippen MR) is 65.0 cm³/mol. The maximum atomic E-state index is 10.5. The number of rotatable bonds is 2. The molecule has 86 valence electrons. The van der Waals surface area contributed by atoms with E-state index in [1.807, 2.05) is 11.8 Å². The van der Waals surface area contributed by atoms with Crippen LogP contribution < -0.4 is 0 Å². The average Bonchev–Trinajstić information content (AvgIpc) is 2.82. The molecule has 2 aliphatic carbocycles. The molecular formula is C13H22OS. The number of hydrogen-bond donors (Lipinski definition) is 1. The number of aliphatic hydroxyl groups is 1. The third-order valence-electron chi connectivity index (χ3n) is 4.83. The van der Waals surface area contributed by atoms with Gasteiger partial charge in [0.05, 0.1) is 5.60 Å². The van der Waals surface area contributed by atoms with E-state index >= 15 is 0 Å². The highest BCUT2D eigenvalue weighted by atomic mass is 32.2. The minimum absolute atomic E-state index is 0.306. The quantitative estimate of drug-likeness (QED) is 0.781. The second-order valence-corrected chi connectivity index (χ2v) is 7.62. The molecule has 1 aliphatic heterocycles. The minimum Gasteiger partial charge on any atom is -0.389 e. The molecular weight excluding hydrogens is 204 g/mol. The molecule has 0 amide bonds. The second-order valence-electron chi connectivity index (χ2n) is 6.19. The topological polar surface area (TPSA) is 20.2 Å². The summed E-state index contributed by atoms with van der Waals surface area (Å²) in [6, 6.07) is 0. The Labute approximate surface area is 97.0 Å². The monoisotopic (exact) mass is 226 g/mol. The molecule has 0 spiro atoms. The van der Waals surface area contributed by atoms with Crippen molar-refractivity contribution in [2.75, 3.05) is 5.75 Å². The van der Waals surface area contributed by atoms with Crippen LogP contribution in [0.1, 0.15) is 45.4 Å². The standard InChI is InChI=1S/C13H22OS/c1-9-6-13(14,8-15-9)7-12-5-10-2-3-11(12)4-10/h9-12,14H,2-8H2,1H3. The number of hydrogen-bond acceptors (Lipinski definition) is 2. The fourth-order valence-corrected chi connectivity index (χ4v) is 5.47. The van der Waals surface area contributed by atoms with E-state index in [9.17, 15) is 5.11 Å². The molecule has 0 radical (unpaired) electrons. The predicted octanol–water partition coefficient (Wildman–Crippen LogP) is 3.07. The van der Waals surface area contributed by atoms with Crippen molar-refractivity contribution >= 4 is 11.8 Å². The van der Waals surface area contributed by atoms with Crippen molar-refractivity contribution in [2.45, 2.75) is 56.3 Å². The van der Waals surface area contributed by atoms with E-state index in [2.05, 4.69) is 6.92 Å². The van der Waals surface area contributed by atoms with Crippen molar-refractivity contribution in [2.24, 2.45) is 17.8 Å². The highest BCUT2D eigenvalue weighted by Crippen LogP contribution is 2.52. The van der Waals surface area contributed by atoms with Gasteiger partial charge in [-0.15, -0.1) is 0 Å². The Balaban J connectivity index is 1.61. The Morgan fingerprint density at radius 2 is 2.20 bits per heavy atom. The van der Waals surface area contributed by atoms with Gasteiger partial charge in [0.15, 0.2) is 0 Å². The molecule has 1 heterocycles. The maximum absolute atomic E-state index is 10.5. The summed E-state index contributed by atoms with van der Waals surface area (Å²) in [6.07, 6.45) is 7.96. The lowest BCUT2D eigenvalue weighted by molar-refractivity contribution is 0.0279. The molecule has 0 aromatic rings. The molecule has 2 bridgehead atoms. The van der Waals surface area contributed by atoms with Crippen LogP contribution >= 0.6 is 11.8 Å². The van der Waals surface area contributed by atoms with E-state index in [0.29, 0.717) is 5.25 Å². The summed E-state index contributed by atoms with van der Waals surface area (Å²) in [4.78, 5) is 0. The van der Waals surface area contributed by atoms with Gasteiger partial charge in [0.2, 0.25) is 0 Å². The van der Waals surface area contributed by atoms with E-state index < -0.39 is 0 Å². The first-order valence-electron chi connectivity index (χ1n) is 6.49. The largest absolute Gasteiger partial charge is 0.389 e. The summed E-state index contributed by atoms with van der Waals surface area (Å²) in [5.74, 6) is 3.84. The molecule has 3 aliphatic rings. The van der Waals surface area contributed by atoms with Crippen LogP contribution in [0.2, 0.25) is 0 Å². The summed E-state index contributed by atoms with van der Waals surface area (Å²) in [5, 5.41) is 11.2. The Morgan fingerprint density at radius 3 is 2.73 bits per heavy atom. The third kappa shape index (κ3) is 1.95. The van der Waals surface area contributed by atoms with Crippen LogP contribution in [0.3, 0.4) is 0 Å². The molecule has 3 rings (SSSR count). The van der Waals surface area contributed by atoms with Gasteiger partial charge in [0, 0.05) is 11.0 Å². The zero-order valence-corrected chi connectivity index (χ0v) is 10.4. The Hall–Kier alpha value is 0.310. The van der Waals surface area contributed by atoms with E-state index in [0.717, 1.165) is 36.3 Å². The molecule has 1 N–H and O–H groups in total. The van der Waals surface area contributed by atoms with Crippen molar-refractivity contribution in [3.63, 3.8) is 0 Å². The molecule has 2 saturated carbocycles. The van der Waals surface area contributed by atoms with Crippen LogP contribution in [0.4, 0.5) is 0 Å². The van der Waals surface area contributed by atoms with E-state index in [1.54, 1.807) is 0 Å². The maximum Gasteiger partial charge on any atom is 0.0751 e. The smallest absolute Gasteiger partial charge is 0.0751 e. The van der Waals surface area contributed by atoms with E-state index in [-0.39, 0.29) is 5.60 Å². The van der Waals surface area contributed by atoms with E-state index in [4.69, 9.17) is 0 Å². The molecule has 5 unspecified atom stereocenters. The summed E-state index contributed by atoms with van der Waals surface area (Å²) < 4.78 is 0. The van der Waals surface area contributed by atoms with Crippen LogP contribution in [0.25, 0.3) is 0 Å². The zero-order chi connectivity index (χ0) is 10.5. The second kappa shape index (κ2) is 3.66. The summed E-state index contributed by atoms with van der Waals surface area (Å²) >= 11 is 1.96. The summed E-state index contributed by atoms with van der Waals surface area (Å²) in [5.41, 5.74) is -0.306. The molecule has 3 fully saturated rings. The first-order chi connectivity index (χ1) is 7.15. The Bertz CT molecular complexity index is 255. The molecule has 1 saturated heterocycles. The van der Waals surface area contributed by atoms with Gasteiger partial charge in [-0.1, -0.05) is 13.3 Å². The average molecular weight is 226 g/mol. The molecule has 2 heteroatoms. The number of thioether (sulfide) groups is 1. The van der Waals surface area contributed by atoms with Crippen molar-refractivity contribution in [1.29, 1.82) is 0 Å². The van der Waals surface area contributed by atoms with Crippen molar-refractivity contribution in [1.82, 2.24) is 0 Å². The van der Waals surface area contributed by atoms with Gasteiger partial charge >= 0.3 is 0 Å². The third-order valence-corrected chi connectivity index (χ3v) is 6.27. The van der Waals surface area contributed by atoms with Crippen LogP contribution in [-0.4, -0.2) is 21.7 Å². The van der Waals surface area contributed by atoms with Gasteiger partial charge in [0.25, 0.3) is 0 Å². The van der Waals surface area contributed by atoms with E-state index in [1.165, 1.54) is 25.7 Å². The molecule has 15 heavy (non-hydrogen) atoms. The lowest BCUT2D eigenvalue weighted by Crippen LogP contribution is -2.33. The van der Waals surface area contributed by atoms with Crippen LogP contribution in [-0.2, 0) is 0 Å². The van der Waals surface area contributed by atoms with Gasteiger partial charge in [-0.05, 0) is 49.9 Å². The van der Waals surface area contributed by atoms with Gasteiger partial charge in [-0.25, -0.2) is 0 Å². The van der Waals surface area contributed by atoms with Crippen molar-refractivity contribution in [3.05, 3.63) is 0 Å². The molecule has 1 nitrogen and oxygen atoms in total. The van der Waals surface area contributed by atoms with Crippen LogP contribution in [0.5, 0.6) is 0 Å². The molecule has 5 atom stereocenters. The first kappa shape index (κ1) is 10.5. The molecule has 0 aromatic carbocycles. The normalized spacial score (nSPS) is 54.0. The highest BCUT2D eigenvalue weighted by molar-refractivity contribution is 8.00. The molecule has 0 aromatic heterocycles. The van der Waals surface area contributed by atoms with Crippen LogP contribution in [0, 0.1) is 17.8 Å². The van der Waals surface area contributed by atoms with Crippen molar-refractivity contribution < 1.29 is 5.11 Å². The van der Waals surface area contributed by atoms with Gasteiger partial charge in [-0.3, -0.25) is 0 Å².